The van der Waals surface area contributed by atoms with Crippen LogP contribution in [-0.2, 0) is 27.7 Å². The number of hydrogen-bond donors (Lipinski definition) is 3. The third-order valence-electron chi connectivity index (χ3n) is 6.06. The quantitative estimate of drug-likeness (QED) is 0.271. The van der Waals surface area contributed by atoms with E-state index in [0.29, 0.717) is 12.1 Å². The monoisotopic (exact) mass is 655 g/mol. The normalized spacial score (nSPS) is 16.9. The van der Waals surface area contributed by atoms with Crippen LogP contribution in [0.1, 0.15) is 16.7 Å². The Labute approximate surface area is 234 Å². The molecule has 0 radical (unpaired) electrons. The van der Waals surface area contributed by atoms with Crippen molar-refractivity contribution < 1.29 is 27.0 Å². The van der Waals surface area contributed by atoms with Crippen molar-refractivity contribution in [1.82, 2.24) is 14.9 Å². The maximum absolute atomic E-state index is 13.9. The molecule has 3 aromatic rings. The fraction of sp³-hybridized carbons (Fsp3) is 0.259. The zero-order valence-corrected chi connectivity index (χ0v) is 23.5. The molecule has 0 aliphatic carbocycles. The lowest BCUT2D eigenvalue weighted by Gasteiger charge is -2.35. The number of ether oxygens (including phenoxy) is 1. The number of nitrogens with one attached hydrogen (secondary N) is 2. The lowest BCUT2D eigenvalue weighted by molar-refractivity contribution is -0.0190. The molecule has 1 heterocycles. The van der Waals surface area contributed by atoms with E-state index in [1.165, 1.54) is 41.6 Å². The molecular weight excluding hydrogens is 627 g/mol. The van der Waals surface area contributed by atoms with E-state index in [1.54, 1.807) is 12.1 Å². The third-order valence-corrected chi connectivity index (χ3v) is 8.14. The van der Waals surface area contributed by atoms with E-state index in [9.17, 15) is 22.3 Å². The van der Waals surface area contributed by atoms with Crippen molar-refractivity contribution >= 4 is 32.6 Å². The first-order valence-electron chi connectivity index (χ1n) is 11.9. The topological polar surface area (TPSA) is 90.9 Å². The minimum absolute atomic E-state index is 0.0250. The summed E-state index contributed by atoms with van der Waals surface area (Å²) in [6.45, 7) is 2.48. The summed E-state index contributed by atoms with van der Waals surface area (Å²) >= 11 is 2.22. The van der Waals surface area contributed by atoms with Crippen LogP contribution < -0.4 is 10.0 Å². The minimum atomic E-state index is -3.97. The summed E-state index contributed by atoms with van der Waals surface area (Å²) in [4.78, 5) is 1.56. The van der Waals surface area contributed by atoms with Crippen molar-refractivity contribution in [3.8, 4) is 0 Å². The van der Waals surface area contributed by atoms with E-state index in [2.05, 4.69) is 32.6 Å². The van der Waals surface area contributed by atoms with Crippen molar-refractivity contribution in [1.29, 1.82) is 0 Å². The van der Waals surface area contributed by atoms with Crippen LogP contribution in [0.2, 0.25) is 0 Å². The highest BCUT2D eigenvalue weighted by Gasteiger charge is 2.35. The van der Waals surface area contributed by atoms with Gasteiger partial charge in [-0.2, -0.15) is 4.72 Å². The van der Waals surface area contributed by atoms with Gasteiger partial charge in [0.15, 0.2) is 0 Å². The molecule has 0 fully saturated rings. The van der Waals surface area contributed by atoms with E-state index in [1.807, 2.05) is 31.2 Å². The van der Waals surface area contributed by atoms with Crippen LogP contribution >= 0.6 is 22.6 Å². The Morgan fingerprint density at radius 2 is 1.76 bits per heavy atom. The molecule has 0 amide bonds. The molecule has 7 nitrogen and oxygen atoms in total. The van der Waals surface area contributed by atoms with E-state index < -0.39 is 40.2 Å². The first-order chi connectivity index (χ1) is 18.1. The van der Waals surface area contributed by atoms with Crippen molar-refractivity contribution in [2.45, 2.75) is 43.3 Å². The van der Waals surface area contributed by atoms with Crippen LogP contribution in [0.3, 0.4) is 0 Å². The summed E-state index contributed by atoms with van der Waals surface area (Å²) in [5.41, 5.74) is 2.25. The Balaban J connectivity index is 1.53. The van der Waals surface area contributed by atoms with Gasteiger partial charge in [0.25, 0.3) is 0 Å². The number of nitrogens with zero attached hydrogens (tertiary/aromatic N) is 1. The molecular formula is C27H28F2IN3O4S. The Bertz CT molecular complexity index is 1370. The van der Waals surface area contributed by atoms with Gasteiger partial charge in [-0.3, -0.25) is 0 Å². The highest BCUT2D eigenvalue weighted by molar-refractivity contribution is 14.1. The Morgan fingerprint density at radius 1 is 1.05 bits per heavy atom. The average Bonchev–Trinajstić information content (AvgIpc) is 3.29. The molecule has 0 bridgehead atoms. The van der Waals surface area contributed by atoms with Crippen molar-refractivity contribution in [2.24, 2.45) is 0 Å². The number of aliphatic hydroxyl groups excluding tert-OH is 1. The summed E-state index contributed by atoms with van der Waals surface area (Å²) in [6.07, 6.45) is 0.618. The zero-order valence-electron chi connectivity index (χ0n) is 20.5. The van der Waals surface area contributed by atoms with Gasteiger partial charge in [-0.15, -0.1) is 0 Å². The zero-order chi connectivity index (χ0) is 27.3. The van der Waals surface area contributed by atoms with Gasteiger partial charge < -0.3 is 20.1 Å². The van der Waals surface area contributed by atoms with Gasteiger partial charge in [0.1, 0.15) is 17.9 Å². The van der Waals surface area contributed by atoms with Crippen LogP contribution in [-0.4, -0.2) is 43.5 Å². The van der Waals surface area contributed by atoms with Gasteiger partial charge in [0.2, 0.25) is 16.4 Å². The summed E-state index contributed by atoms with van der Waals surface area (Å²) in [5, 5.41) is 14.4. The van der Waals surface area contributed by atoms with Crippen LogP contribution in [0.15, 0.2) is 84.1 Å². The number of hydrogen-bond acceptors (Lipinski definition) is 6. The number of sulfonamides is 1. The molecule has 38 heavy (non-hydrogen) atoms. The second-order valence-corrected chi connectivity index (χ2v) is 12.0. The standard InChI is InChI=1S/C27H28F2IN3O4S/c1-18-5-7-24(8-6-18)38(35,36)32-27-33(9-10-37-27)25(14-20-11-21(28)15-22(29)12-20)26(34)17-31-16-19-3-2-4-23(30)13-19/h2-13,15,25-27,31-32,34H,14,16-17H2,1H3/t25-,26+,27?/m0/s1. The smallest absolute Gasteiger partial charge is 0.245 e. The molecule has 202 valence electrons. The molecule has 1 unspecified atom stereocenters. The lowest BCUT2D eigenvalue weighted by atomic mass is 9.99. The molecule has 0 spiro atoms. The molecule has 3 aromatic carbocycles. The maximum Gasteiger partial charge on any atom is 0.245 e. The molecule has 3 N–H and O–H groups in total. The Hall–Kier alpha value is -2.58. The number of aliphatic hydroxyl groups is 1. The van der Waals surface area contributed by atoms with Gasteiger partial charge in [-0.25, -0.2) is 17.2 Å². The molecule has 0 saturated heterocycles. The first kappa shape index (κ1) is 28.4. The molecule has 3 atom stereocenters. The largest absolute Gasteiger partial charge is 0.462 e. The van der Waals surface area contributed by atoms with Gasteiger partial charge >= 0.3 is 0 Å². The second-order valence-electron chi connectivity index (χ2n) is 9.03. The number of halogens is 3. The van der Waals surface area contributed by atoms with Crippen molar-refractivity contribution in [3.63, 3.8) is 0 Å². The highest BCUT2D eigenvalue weighted by atomic mass is 127. The summed E-state index contributed by atoms with van der Waals surface area (Å²) < 4.78 is 63.0. The van der Waals surface area contributed by atoms with Crippen molar-refractivity contribution in [2.75, 3.05) is 6.54 Å². The number of rotatable bonds is 11. The maximum atomic E-state index is 13.9. The first-order valence-corrected chi connectivity index (χ1v) is 14.4. The number of benzene rings is 3. The predicted octanol–water partition coefficient (Wildman–Crippen LogP) is 4.01. The molecule has 11 heteroatoms. The van der Waals surface area contributed by atoms with Gasteiger partial charge in [0, 0.05) is 28.9 Å². The van der Waals surface area contributed by atoms with E-state index in [-0.39, 0.29) is 17.9 Å². The van der Waals surface area contributed by atoms with Crippen LogP contribution in [0.25, 0.3) is 0 Å². The van der Waals surface area contributed by atoms with Crippen LogP contribution in [0.5, 0.6) is 0 Å². The lowest BCUT2D eigenvalue weighted by Crippen LogP contribution is -2.54. The predicted molar refractivity (Wildman–Crippen MR) is 148 cm³/mol. The molecule has 0 saturated carbocycles. The molecule has 0 aromatic heterocycles. The minimum Gasteiger partial charge on any atom is -0.462 e. The van der Waals surface area contributed by atoms with Crippen molar-refractivity contribution in [3.05, 3.63) is 111 Å². The Kier molecular flexibility index (Phi) is 9.36. The van der Waals surface area contributed by atoms with E-state index in [0.717, 1.165) is 20.8 Å². The molecule has 1 aliphatic heterocycles. The van der Waals surface area contributed by atoms with Crippen LogP contribution in [0.4, 0.5) is 8.78 Å². The van der Waals surface area contributed by atoms with Gasteiger partial charge in [0.05, 0.1) is 17.0 Å². The molecule has 4 rings (SSSR count). The summed E-state index contributed by atoms with van der Waals surface area (Å²) in [5.74, 6) is -1.48. The van der Waals surface area contributed by atoms with Crippen LogP contribution in [0, 0.1) is 22.1 Å². The highest BCUT2D eigenvalue weighted by Crippen LogP contribution is 2.23. The fourth-order valence-electron chi connectivity index (χ4n) is 4.18. The summed E-state index contributed by atoms with van der Waals surface area (Å²) in [7, 11) is -3.97. The van der Waals surface area contributed by atoms with E-state index in [4.69, 9.17) is 4.74 Å². The SMILES string of the molecule is Cc1ccc(S(=O)(=O)NC2OC=CN2[C@@H](Cc2cc(F)cc(F)c2)[C@H](O)CNCc2cccc(I)c2)cc1. The molecule has 1 aliphatic rings. The van der Waals surface area contributed by atoms with Gasteiger partial charge in [-0.05, 0) is 83.5 Å². The summed E-state index contributed by atoms with van der Waals surface area (Å²) in [6, 6.07) is 16.6. The second kappa shape index (κ2) is 12.5. The fourth-order valence-corrected chi connectivity index (χ4v) is 5.86. The average molecular weight is 656 g/mol. The van der Waals surface area contributed by atoms with E-state index >= 15 is 0 Å². The Morgan fingerprint density at radius 3 is 2.45 bits per heavy atom. The third kappa shape index (κ3) is 7.50. The van der Waals surface area contributed by atoms with Gasteiger partial charge in [-0.1, -0.05) is 29.8 Å². The number of aryl methyl sites for hydroxylation is 1.